The first-order valence-corrected chi connectivity index (χ1v) is 13.2. The highest BCUT2D eigenvalue weighted by molar-refractivity contribution is 6.26. The standard InChI is InChI=1S/C36H24O6/c37-30-21-15-23-16-22-31(38)34(36(40)25-13-19-29(20-14-25)42-27-9-5-2-6-10-27)32(23)33(30)35(39)24-11-17-28(18-12-24)41-26-7-3-1-4-8-26/h1-22,37-38H. The smallest absolute Gasteiger partial charge is 0.197 e. The fraction of sp³-hybridized carbons (Fsp3) is 0. The largest absolute Gasteiger partial charge is 0.507 e. The van der Waals surface area contributed by atoms with Gasteiger partial charge in [0, 0.05) is 16.5 Å². The Bertz CT molecular complexity index is 1760. The molecule has 2 N–H and O–H groups in total. The molecular weight excluding hydrogens is 528 g/mol. The van der Waals surface area contributed by atoms with E-state index in [1.807, 2.05) is 60.7 Å². The molecule has 0 aliphatic rings. The van der Waals surface area contributed by atoms with Crippen LogP contribution in [-0.4, -0.2) is 21.8 Å². The lowest BCUT2D eigenvalue weighted by Crippen LogP contribution is -2.08. The summed E-state index contributed by atoms with van der Waals surface area (Å²) in [6, 6.07) is 37.5. The SMILES string of the molecule is O=C(c1ccc(Oc2ccccc2)cc1)c1c(O)ccc2ccc(O)c(C(=O)c3ccc(Oc4ccccc4)cc3)c12. The minimum Gasteiger partial charge on any atom is -0.507 e. The van der Waals surface area contributed by atoms with Crippen molar-refractivity contribution in [2.24, 2.45) is 0 Å². The lowest BCUT2D eigenvalue weighted by Gasteiger charge is -2.14. The van der Waals surface area contributed by atoms with Crippen LogP contribution in [0.15, 0.2) is 133 Å². The summed E-state index contributed by atoms with van der Waals surface area (Å²) >= 11 is 0. The fourth-order valence-electron chi connectivity index (χ4n) is 4.74. The van der Waals surface area contributed by atoms with Gasteiger partial charge >= 0.3 is 0 Å². The van der Waals surface area contributed by atoms with E-state index < -0.39 is 11.6 Å². The van der Waals surface area contributed by atoms with Crippen molar-refractivity contribution < 1.29 is 29.3 Å². The predicted octanol–water partition coefficient (Wildman–Crippen LogP) is 8.30. The van der Waals surface area contributed by atoms with E-state index in [-0.39, 0.29) is 39.1 Å². The number of aromatic hydroxyl groups is 2. The third kappa shape index (κ3) is 5.29. The van der Waals surface area contributed by atoms with Crippen LogP contribution in [0.2, 0.25) is 0 Å². The molecule has 0 saturated heterocycles. The average molecular weight is 553 g/mol. The Balaban J connectivity index is 1.35. The van der Waals surface area contributed by atoms with Crippen molar-refractivity contribution in [3.8, 4) is 34.5 Å². The van der Waals surface area contributed by atoms with E-state index in [9.17, 15) is 19.8 Å². The zero-order valence-corrected chi connectivity index (χ0v) is 22.2. The molecule has 0 heterocycles. The molecule has 6 aromatic rings. The van der Waals surface area contributed by atoms with Gasteiger partial charge in [-0.05, 0) is 90.3 Å². The van der Waals surface area contributed by atoms with Crippen molar-refractivity contribution >= 4 is 22.3 Å². The summed E-state index contributed by atoms with van der Waals surface area (Å²) in [7, 11) is 0. The van der Waals surface area contributed by atoms with E-state index in [4.69, 9.17) is 9.47 Å². The number of hydrogen-bond acceptors (Lipinski definition) is 6. The molecule has 0 amide bonds. The fourth-order valence-corrected chi connectivity index (χ4v) is 4.74. The molecule has 0 spiro atoms. The molecule has 0 bridgehead atoms. The Labute approximate surface area is 241 Å². The molecule has 6 heteroatoms. The van der Waals surface area contributed by atoms with E-state index in [2.05, 4.69) is 0 Å². The topological polar surface area (TPSA) is 93.1 Å². The normalized spacial score (nSPS) is 10.8. The predicted molar refractivity (Wildman–Crippen MR) is 160 cm³/mol. The first-order valence-electron chi connectivity index (χ1n) is 13.2. The number of carbonyl (C=O) groups excluding carboxylic acids is 2. The summed E-state index contributed by atoms with van der Waals surface area (Å²) in [4.78, 5) is 27.6. The number of phenolic OH excluding ortho intramolecular Hbond substituents is 2. The molecule has 0 atom stereocenters. The van der Waals surface area contributed by atoms with Crippen LogP contribution in [0, 0.1) is 0 Å². The number of rotatable bonds is 8. The summed E-state index contributed by atoms with van der Waals surface area (Å²) in [5.74, 6) is 0.766. The van der Waals surface area contributed by atoms with Crippen LogP contribution in [0.5, 0.6) is 34.5 Å². The van der Waals surface area contributed by atoms with Gasteiger partial charge in [-0.15, -0.1) is 0 Å². The van der Waals surface area contributed by atoms with Crippen molar-refractivity contribution in [1.29, 1.82) is 0 Å². The van der Waals surface area contributed by atoms with Crippen molar-refractivity contribution in [2.75, 3.05) is 0 Å². The van der Waals surface area contributed by atoms with Crippen molar-refractivity contribution in [3.63, 3.8) is 0 Å². The summed E-state index contributed by atoms with van der Waals surface area (Å²) < 4.78 is 11.6. The maximum atomic E-state index is 13.8. The van der Waals surface area contributed by atoms with Crippen LogP contribution in [-0.2, 0) is 0 Å². The van der Waals surface area contributed by atoms with Gasteiger partial charge in [0.2, 0.25) is 0 Å². The first-order chi connectivity index (χ1) is 20.5. The zero-order valence-electron chi connectivity index (χ0n) is 22.2. The van der Waals surface area contributed by atoms with Crippen LogP contribution < -0.4 is 9.47 Å². The third-order valence-electron chi connectivity index (χ3n) is 6.79. The van der Waals surface area contributed by atoms with E-state index in [1.54, 1.807) is 60.7 Å². The number of benzene rings is 6. The minimum atomic E-state index is -0.504. The van der Waals surface area contributed by atoms with Gasteiger partial charge in [-0.25, -0.2) is 0 Å². The number of ether oxygens (including phenoxy) is 2. The van der Waals surface area contributed by atoms with Gasteiger partial charge in [0.15, 0.2) is 11.6 Å². The van der Waals surface area contributed by atoms with Gasteiger partial charge < -0.3 is 19.7 Å². The molecule has 0 aromatic heterocycles. The maximum absolute atomic E-state index is 13.8. The number of ketones is 2. The maximum Gasteiger partial charge on any atom is 0.197 e. The second kappa shape index (κ2) is 11.3. The number of carbonyl (C=O) groups is 2. The summed E-state index contributed by atoms with van der Waals surface area (Å²) in [5, 5.41) is 22.4. The molecule has 6 nitrogen and oxygen atoms in total. The Morgan fingerprint density at radius 3 is 1.17 bits per heavy atom. The van der Waals surface area contributed by atoms with Crippen molar-refractivity contribution in [3.05, 3.63) is 156 Å². The van der Waals surface area contributed by atoms with Crippen LogP contribution in [0.3, 0.4) is 0 Å². The molecule has 0 aliphatic carbocycles. The lowest BCUT2D eigenvalue weighted by molar-refractivity contribution is 0.103. The van der Waals surface area contributed by atoms with Gasteiger partial charge in [-0.3, -0.25) is 9.59 Å². The van der Waals surface area contributed by atoms with Crippen molar-refractivity contribution in [2.45, 2.75) is 0 Å². The molecule has 0 aliphatic heterocycles. The summed E-state index contributed by atoms with van der Waals surface area (Å²) in [6.07, 6.45) is 0. The quantitative estimate of drug-likeness (QED) is 0.185. The number of fused-ring (bicyclic) bond motifs is 1. The Hall–Kier alpha value is -5.88. The van der Waals surface area contributed by atoms with Crippen molar-refractivity contribution in [1.82, 2.24) is 0 Å². The second-order valence-corrected chi connectivity index (χ2v) is 9.55. The highest BCUT2D eigenvalue weighted by Gasteiger charge is 2.25. The Morgan fingerprint density at radius 1 is 0.429 bits per heavy atom. The minimum absolute atomic E-state index is 0.0764. The van der Waals surface area contributed by atoms with E-state index >= 15 is 0 Å². The van der Waals surface area contributed by atoms with Crippen LogP contribution in [0.4, 0.5) is 0 Å². The summed E-state index contributed by atoms with van der Waals surface area (Å²) in [5.41, 5.74) is 0.407. The molecule has 0 fully saturated rings. The number of para-hydroxylation sites is 2. The van der Waals surface area contributed by atoms with Crippen LogP contribution in [0.1, 0.15) is 31.8 Å². The van der Waals surface area contributed by atoms with Gasteiger partial charge in [0.1, 0.15) is 34.5 Å². The third-order valence-corrected chi connectivity index (χ3v) is 6.79. The molecule has 0 radical (unpaired) electrons. The molecule has 6 aromatic carbocycles. The summed E-state index contributed by atoms with van der Waals surface area (Å²) in [6.45, 7) is 0. The Morgan fingerprint density at radius 2 is 0.786 bits per heavy atom. The molecule has 42 heavy (non-hydrogen) atoms. The first kappa shape index (κ1) is 26.3. The molecule has 0 saturated carbocycles. The number of phenols is 2. The van der Waals surface area contributed by atoms with Gasteiger partial charge in [-0.1, -0.05) is 48.5 Å². The molecule has 204 valence electrons. The van der Waals surface area contributed by atoms with Crippen LogP contribution >= 0.6 is 0 Å². The van der Waals surface area contributed by atoms with Gasteiger partial charge in [-0.2, -0.15) is 0 Å². The molecule has 6 rings (SSSR count). The molecule has 0 unspecified atom stereocenters. The highest BCUT2D eigenvalue weighted by atomic mass is 16.5. The van der Waals surface area contributed by atoms with Crippen LogP contribution in [0.25, 0.3) is 10.8 Å². The van der Waals surface area contributed by atoms with E-state index in [0.29, 0.717) is 28.4 Å². The molecular formula is C36H24O6. The van der Waals surface area contributed by atoms with E-state index in [0.717, 1.165) is 0 Å². The zero-order chi connectivity index (χ0) is 29.1. The highest BCUT2D eigenvalue weighted by Crippen LogP contribution is 2.37. The number of hydrogen-bond donors (Lipinski definition) is 2. The second-order valence-electron chi connectivity index (χ2n) is 9.55. The monoisotopic (exact) mass is 552 g/mol. The van der Waals surface area contributed by atoms with Gasteiger partial charge in [0.25, 0.3) is 0 Å². The van der Waals surface area contributed by atoms with Gasteiger partial charge in [0.05, 0.1) is 11.1 Å². The average Bonchev–Trinajstić information content (AvgIpc) is 3.02. The Kier molecular flexibility index (Phi) is 7.10. The van der Waals surface area contributed by atoms with E-state index in [1.165, 1.54) is 12.1 Å². The lowest BCUT2D eigenvalue weighted by atomic mass is 9.89.